The highest BCUT2D eigenvalue weighted by molar-refractivity contribution is 14.0. The predicted octanol–water partition coefficient (Wildman–Crippen LogP) is 4.35. The summed E-state index contributed by atoms with van der Waals surface area (Å²) >= 11 is 0. The van der Waals surface area contributed by atoms with Gasteiger partial charge in [0.2, 0.25) is 5.89 Å². The first-order chi connectivity index (χ1) is 13.1. The lowest BCUT2D eigenvalue weighted by molar-refractivity contribution is -0.137. The first-order valence-electron chi connectivity index (χ1n) is 8.79. The highest BCUT2D eigenvalue weighted by Gasteiger charge is 2.30. The maximum Gasteiger partial charge on any atom is 0.416 e. The largest absolute Gasteiger partial charge is 0.492 e. The molecule has 2 rings (SSSR count). The van der Waals surface area contributed by atoms with Crippen LogP contribution in [0.25, 0.3) is 0 Å². The van der Waals surface area contributed by atoms with E-state index in [0.29, 0.717) is 24.9 Å². The Hall–Kier alpha value is -1.98. The minimum atomic E-state index is -4.39. The fourth-order valence-electron chi connectivity index (χ4n) is 2.22. The number of hydrogen-bond acceptors (Lipinski definition) is 4. The number of benzene rings is 1. The Balaban J connectivity index is 0.00000420. The van der Waals surface area contributed by atoms with Gasteiger partial charge in [-0.2, -0.15) is 13.2 Å². The molecule has 0 aliphatic heterocycles. The Bertz CT molecular complexity index is 801. The number of nitrogens with one attached hydrogen (secondary N) is 2. The van der Waals surface area contributed by atoms with Gasteiger partial charge in [-0.3, -0.25) is 4.99 Å². The van der Waals surface area contributed by atoms with Crippen molar-refractivity contribution >= 4 is 29.9 Å². The molecule has 0 amide bonds. The molecule has 1 aromatic carbocycles. The van der Waals surface area contributed by atoms with Crippen LogP contribution in [-0.2, 0) is 18.1 Å². The summed E-state index contributed by atoms with van der Waals surface area (Å²) in [7, 11) is 1.61. The molecule has 29 heavy (non-hydrogen) atoms. The minimum absolute atomic E-state index is 0. The maximum absolute atomic E-state index is 12.7. The molecule has 0 radical (unpaired) electrons. The number of halogens is 4. The summed E-state index contributed by atoms with van der Waals surface area (Å²) in [6.45, 7) is 7.00. The van der Waals surface area contributed by atoms with E-state index in [4.69, 9.17) is 9.15 Å². The summed E-state index contributed by atoms with van der Waals surface area (Å²) in [4.78, 5) is 8.29. The SMILES string of the molecule is CN=C(NCCOc1cccc(C(F)(F)F)c1)NCc1ncc(C(C)(C)C)o1.I. The molecule has 1 heterocycles. The van der Waals surface area contributed by atoms with Crippen LogP contribution in [0.1, 0.15) is 38.0 Å². The summed E-state index contributed by atoms with van der Waals surface area (Å²) in [6, 6.07) is 4.78. The van der Waals surface area contributed by atoms with Gasteiger partial charge >= 0.3 is 6.18 Å². The number of rotatable bonds is 6. The Morgan fingerprint density at radius 2 is 1.93 bits per heavy atom. The van der Waals surface area contributed by atoms with Crippen LogP contribution in [0.4, 0.5) is 13.2 Å². The molecule has 0 saturated heterocycles. The zero-order chi connectivity index (χ0) is 20.8. The van der Waals surface area contributed by atoms with Crippen LogP contribution in [0.15, 0.2) is 39.9 Å². The van der Waals surface area contributed by atoms with Gasteiger partial charge in [0.25, 0.3) is 0 Å². The number of nitrogens with zero attached hydrogens (tertiary/aromatic N) is 2. The molecule has 162 valence electrons. The average Bonchev–Trinajstić information content (AvgIpc) is 3.10. The van der Waals surface area contributed by atoms with E-state index in [9.17, 15) is 13.2 Å². The zero-order valence-corrected chi connectivity index (χ0v) is 19.1. The Morgan fingerprint density at radius 3 is 2.52 bits per heavy atom. The molecule has 0 saturated carbocycles. The van der Waals surface area contributed by atoms with Crippen molar-refractivity contribution in [3.63, 3.8) is 0 Å². The Morgan fingerprint density at radius 1 is 1.21 bits per heavy atom. The van der Waals surface area contributed by atoms with Gasteiger partial charge in [-0.15, -0.1) is 24.0 Å². The summed E-state index contributed by atoms with van der Waals surface area (Å²) in [5.41, 5.74) is -0.859. The van der Waals surface area contributed by atoms with Crippen LogP contribution in [0.3, 0.4) is 0 Å². The molecule has 0 bridgehead atoms. The van der Waals surface area contributed by atoms with Crippen molar-refractivity contribution in [3.8, 4) is 5.75 Å². The number of guanidine groups is 1. The van der Waals surface area contributed by atoms with Crippen molar-refractivity contribution in [1.29, 1.82) is 0 Å². The summed E-state index contributed by atoms with van der Waals surface area (Å²) < 4.78 is 49.1. The van der Waals surface area contributed by atoms with Crippen molar-refractivity contribution in [2.24, 2.45) is 4.99 Å². The number of hydrogen-bond donors (Lipinski definition) is 2. The smallest absolute Gasteiger partial charge is 0.416 e. The fourth-order valence-corrected chi connectivity index (χ4v) is 2.22. The summed E-state index contributed by atoms with van der Waals surface area (Å²) in [6.07, 6.45) is -2.69. The monoisotopic (exact) mass is 526 g/mol. The van der Waals surface area contributed by atoms with Crippen molar-refractivity contribution in [3.05, 3.63) is 47.7 Å². The zero-order valence-electron chi connectivity index (χ0n) is 16.8. The van der Waals surface area contributed by atoms with Crippen molar-refractivity contribution in [1.82, 2.24) is 15.6 Å². The van der Waals surface area contributed by atoms with Crippen molar-refractivity contribution < 1.29 is 22.3 Å². The van der Waals surface area contributed by atoms with Crippen molar-refractivity contribution in [2.75, 3.05) is 20.2 Å². The number of ether oxygens (including phenoxy) is 1. The van der Waals surface area contributed by atoms with E-state index in [1.807, 2.05) is 20.8 Å². The Kier molecular flexibility index (Phi) is 9.24. The molecule has 0 aliphatic rings. The second-order valence-electron chi connectivity index (χ2n) is 7.09. The maximum atomic E-state index is 12.7. The van der Waals surface area contributed by atoms with Crippen LogP contribution >= 0.6 is 24.0 Å². The molecule has 0 fully saturated rings. The van der Waals surface area contributed by atoms with Gasteiger partial charge in [0.1, 0.15) is 18.1 Å². The quantitative estimate of drug-likeness (QED) is 0.254. The summed E-state index contributed by atoms with van der Waals surface area (Å²) in [5, 5.41) is 6.07. The lowest BCUT2D eigenvalue weighted by atomic mass is 9.94. The van der Waals surface area contributed by atoms with E-state index in [2.05, 4.69) is 20.6 Å². The van der Waals surface area contributed by atoms with Gasteiger partial charge in [0, 0.05) is 12.5 Å². The lowest BCUT2D eigenvalue weighted by Crippen LogP contribution is -2.38. The molecule has 10 heteroatoms. The second kappa shape index (κ2) is 10.7. The van der Waals surface area contributed by atoms with Crippen LogP contribution in [0, 0.1) is 0 Å². The molecule has 0 unspecified atom stereocenters. The van der Waals surface area contributed by atoms with Crippen LogP contribution in [-0.4, -0.2) is 31.1 Å². The number of aliphatic imine (C=N–C) groups is 1. The summed E-state index contributed by atoms with van der Waals surface area (Å²) in [5.74, 6) is 1.99. The average molecular weight is 526 g/mol. The van der Waals surface area contributed by atoms with Crippen molar-refractivity contribution in [2.45, 2.75) is 38.9 Å². The van der Waals surface area contributed by atoms with Gasteiger partial charge in [0.15, 0.2) is 5.96 Å². The molecule has 0 spiro atoms. The number of oxazole rings is 1. The molecule has 6 nitrogen and oxygen atoms in total. The van der Waals surface area contributed by atoms with E-state index in [1.165, 1.54) is 12.1 Å². The molecule has 2 aromatic rings. The van der Waals surface area contributed by atoms with Gasteiger partial charge in [-0.05, 0) is 18.2 Å². The topological polar surface area (TPSA) is 71.7 Å². The highest BCUT2D eigenvalue weighted by atomic mass is 127. The molecule has 0 aliphatic carbocycles. The van der Waals surface area contributed by atoms with Gasteiger partial charge in [-0.1, -0.05) is 26.8 Å². The van der Waals surface area contributed by atoms with E-state index in [1.54, 1.807) is 13.2 Å². The highest BCUT2D eigenvalue weighted by Crippen LogP contribution is 2.31. The van der Waals surface area contributed by atoms with Gasteiger partial charge in [0.05, 0.1) is 24.8 Å². The minimum Gasteiger partial charge on any atom is -0.492 e. The van der Waals surface area contributed by atoms with Crippen LogP contribution in [0.2, 0.25) is 0 Å². The van der Waals surface area contributed by atoms with Gasteiger partial charge in [-0.25, -0.2) is 4.98 Å². The third-order valence-corrected chi connectivity index (χ3v) is 3.75. The fraction of sp³-hybridized carbons (Fsp3) is 0.474. The van der Waals surface area contributed by atoms with E-state index in [-0.39, 0.29) is 41.7 Å². The van der Waals surface area contributed by atoms with Crippen LogP contribution < -0.4 is 15.4 Å². The second-order valence-corrected chi connectivity index (χ2v) is 7.09. The van der Waals surface area contributed by atoms with Crippen LogP contribution in [0.5, 0.6) is 5.75 Å². The van der Waals surface area contributed by atoms with Gasteiger partial charge < -0.3 is 19.8 Å². The van der Waals surface area contributed by atoms with E-state index >= 15 is 0 Å². The molecular formula is C19H26F3IN4O2. The standard InChI is InChI=1S/C19H25F3N4O2.HI/c1-18(2,3)15-11-25-16(28-15)12-26-17(23-4)24-8-9-27-14-7-5-6-13(10-14)19(20,21)22;/h5-7,10-11H,8-9,12H2,1-4H3,(H2,23,24,26);1H. The molecular weight excluding hydrogens is 500 g/mol. The predicted molar refractivity (Wildman–Crippen MR) is 116 cm³/mol. The molecule has 1 aromatic heterocycles. The molecule has 2 N–H and O–H groups in total. The lowest BCUT2D eigenvalue weighted by Gasteiger charge is -2.14. The number of alkyl halides is 3. The first kappa shape index (κ1) is 25.1. The molecule has 0 atom stereocenters. The van der Waals surface area contributed by atoms with E-state index < -0.39 is 11.7 Å². The number of aromatic nitrogens is 1. The third-order valence-electron chi connectivity index (χ3n) is 3.75. The van der Waals surface area contributed by atoms with E-state index in [0.717, 1.165) is 17.9 Å². The first-order valence-corrected chi connectivity index (χ1v) is 8.79. The Labute approximate surface area is 185 Å². The third kappa shape index (κ3) is 8.11. The normalized spacial score (nSPS) is 12.3.